The third-order valence-corrected chi connectivity index (χ3v) is 4.66. The fraction of sp³-hybridized carbons (Fsp3) is 0.867. The first kappa shape index (κ1) is 14.9. The normalized spacial score (nSPS) is 26.6. The summed E-state index contributed by atoms with van der Waals surface area (Å²) in [6, 6.07) is 0. The Bertz CT molecular complexity index is 466. The molecule has 0 aliphatic carbocycles. The first-order chi connectivity index (χ1) is 10.1. The molecule has 1 spiro atoms. The molecule has 0 bridgehead atoms. The Morgan fingerprint density at radius 2 is 2.10 bits per heavy atom. The highest BCUT2D eigenvalue weighted by atomic mass is 16.5. The molecule has 3 rings (SSSR count). The van der Waals surface area contributed by atoms with E-state index in [0.717, 1.165) is 45.4 Å². The van der Waals surface area contributed by atoms with Crippen LogP contribution in [0.2, 0.25) is 0 Å². The van der Waals surface area contributed by atoms with Crippen LogP contribution in [-0.2, 0) is 11.3 Å². The van der Waals surface area contributed by atoms with Crippen molar-refractivity contribution in [2.24, 2.45) is 0 Å². The molecule has 6 nitrogen and oxygen atoms in total. The molecule has 3 heterocycles. The second-order valence-electron chi connectivity index (χ2n) is 6.54. The topological polar surface area (TPSA) is 71.6 Å². The van der Waals surface area contributed by atoms with Gasteiger partial charge in [0.1, 0.15) is 0 Å². The monoisotopic (exact) mass is 295 g/mol. The zero-order chi connectivity index (χ0) is 14.9. The summed E-state index contributed by atoms with van der Waals surface area (Å²) in [5.41, 5.74) is -0.313. The Morgan fingerprint density at radius 3 is 2.71 bits per heavy atom. The maximum absolute atomic E-state index is 10.2. The fourth-order valence-corrected chi connectivity index (χ4v) is 3.23. The third-order valence-electron chi connectivity index (χ3n) is 4.66. The van der Waals surface area contributed by atoms with E-state index in [4.69, 9.17) is 9.15 Å². The number of nitrogens with zero attached hydrogens (tertiary/aromatic N) is 3. The number of likely N-dealkylation sites (tertiary alicyclic amines) is 1. The quantitative estimate of drug-likeness (QED) is 0.915. The lowest BCUT2D eigenvalue weighted by Crippen LogP contribution is -2.55. The summed E-state index contributed by atoms with van der Waals surface area (Å²) in [5, 5.41) is 18.4. The van der Waals surface area contributed by atoms with Gasteiger partial charge >= 0.3 is 0 Å². The van der Waals surface area contributed by atoms with E-state index >= 15 is 0 Å². The molecule has 0 radical (unpaired) electrons. The van der Waals surface area contributed by atoms with E-state index in [9.17, 15) is 5.11 Å². The first-order valence-corrected chi connectivity index (χ1v) is 7.96. The highest BCUT2D eigenvalue weighted by molar-refractivity contribution is 4.96. The lowest BCUT2D eigenvalue weighted by atomic mass is 9.82. The van der Waals surface area contributed by atoms with E-state index < -0.39 is 0 Å². The molecule has 118 valence electrons. The van der Waals surface area contributed by atoms with Crippen molar-refractivity contribution < 1.29 is 14.3 Å². The highest BCUT2D eigenvalue weighted by Crippen LogP contribution is 2.35. The van der Waals surface area contributed by atoms with Gasteiger partial charge in [-0.25, -0.2) is 0 Å². The van der Waals surface area contributed by atoms with Crippen LogP contribution in [0.5, 0.6) is 0 Å². The van der Waals surface area contributed by atoms with Gasteiger partial charge in [-0.15, -0.1) is 10.2 Å². The summed E-state index contributed by atoms with van der Waals surface area (Å²) in [6.45, 7) is 7.35. The van der Waals surface area contributed by atoms with Gasteiger partial charge in [0.15, 0.2) is 0 Å². The smallest absolute Gasteiger partial charge is 0.230 e. The summed E-state index contributed by atoms with van der Waals surface area (Å²) in [5.74, 6) is 1.64. The largest absolute Gasteiger partial charge is 0.424 e. The molecular formula is C15H25N3O3. The van der Waals surface area contributed by atoms with Gasteiger partial charge in [0.25, 0.3) is 0 Å². The molecule has 2 aliphatic rings. The van der Waals surface area contributed by atoms with Gasteiger partial charge in [-0.05, 0) is 25.7 Å². The first-order valence-electron chi connectivity index (χ1n) is 7.96. The maximum Gasteiger partial charge on any atom is 0.230 e. The second-order valence-corrected chi connectivity index (χ2v) is 6.54. The summed E-state index contributed by atoms with van der Waals surface area (Å²) in [7, 11) is 0. The molecule has 1 N–H and O–H groups in total. The summed E-state index contributed by atoms with van der Waals surface area (Å²) in [4.78, 5) is 2.30. The summed E-state index contributed by atoms with van der Waals surface area (Å²) >= 11 is 0. The molecule has 2 aliphatic heterocycles. The number of hydrogen-bond acceptors (Lipinski definition) is 6. The molecular weight excluding hydrogens is 270 g/mol. The highest BCUT2D eigenvalue weighted by Gasteiger charge is 2.43. The Labute approximate surface area is 125 Å². The number of hydrogen-bond donors (Lipinski definition) is 1. The molecule has 2 fully saturated rings. The predicted octanol–water partition coefficient (Wildman–Crippen LogP) is 1.70. The Hall–Kier alpha value is -0.980. The summed E-state index contributed by atoms with van der Waals surface area (Å²) < 4.78 is 11.6. The van der Waals surface area contributed by atoms with Crippen molar-refractivity contribution in [3.05, 3.63) is 11.8 Å². The van der Waals surface area contributed by atoms with Crippen molar-refractivity contribution in [1.29, 1.82) is 0 Å². The van der Waals surface area contributed by atoms with E-state index in [0.29, 0.717) is 18.3 Å². The number of aromatic nitrogens is 2. The predicted molar refractivity (Wildman–Crippen MR) is 76.8 cm³/mol. The minimum absolute atomic E-state index is 0.265. The number of piperidine rings is 1. The second kappa shape index (κ2) is 6.02. The van der Waals surface area contributed by atoms with E-state index in [2.05, 4.69) is 15.1 Å². The Balaban J connectivity index is 1.55. The standard InChI is InChI=1S/C15H25N3O3/c1-11(2)14-17-16-13(21-14)10-18-7-5-15(6-8-18)12(19)4-3-9-20-15/h11-12,19H,3-10H2,1-2H3/t12-/m1/s1. The minimum Gasteiger partial charge on any atom is -0.424 e. The molecule has 0 amide bonds. The van der Waals surface area contributed by atoms with Crippen LogP contribution in [0.4, 0.5) is 0 Å². The molecule has 0 unspecified atom stereocenters. The SMILES string of the molecule is CC(C)c1nnc(CN2CCC3(CC2)OCCC[C@H]3O)o1. The number of aliphatic hydroxyl groups is 1. The van der Waals surface area contributed by atoms with E-state index in [-0.39, 0.29) is 17.6 Å². The van der Waals surface area contributed by atoms with E-state index in [1.54, 1.807) is 0 Å². The lowest BCUT2D eigenvalue weighted by molar-refractivity contribution is -0.177. The van der Waals surface area contributed by atoms with Crippen molar-refractivity contribution >= 4 is 0 Å². The molecule has 2 saturated heterocycles. The zero-order valence-corrected chi connectivity index (χ0v) is 12.9. The van der Waals surface area contributed by atoms with Crippen molar-refractivity contribution in [2.45, 2.75) is 63.7 Å². The average molecular weight is 295 g/mol. The molecule has 6 heteroatoms. The zero-order valence-electron chi connectivity index (χ0n) is 12.9. The molecule has 0 saturated carbocycles. The Morgan fingerprint density at radius 1 is 1.33 bits per heavy atom. The van der Waals surface area contributed by atoms with Crippen LogP contribution in [0.15, 0.2) is 4.42 Å². The number of rotatable bonds is 3. The van der Waals surface area contributed by atoms with Gasteiger partial charge in [0.2, 0.25) is 11.8 Å². The molecule has 1 atom stereocenters. The van der Waals surface area contributed by atoms with E-state index in [1.165, 1.54) is 0 Å². The summed E-state index contributed by atoms with van der Waals surface area (Å²) in [6.07, 6.45) is 3.26. The fourth-order valence-electron chi connectivity index (χ4n) is 3.23. The van der Waals surface area contributed by atoms with Crippen LogP contribution in [0.25, 0.3) is 0 Å². The Kier molecular flexibility index (Phi) is 4.28. The van der Waals surface area contributed by atoms with E-state index in [1.807, 2.05) is 13.8 Å². The number of ether oxygens (including phenoxy) is 1. The van der Waals surface area contributed by atoms with Crippen LogP contribution >= 0.6 is 0 Å². The minimum atomic E-state index is -0.315. The third kappa shape index (κ3) is 3.12. The average Bonchev–Trinajstić information content (AvgIpc) is 2.94. The van der Waals surface area contributed by atoms with Crippen LogP contribution in [-0.4, -0.2) is 51.6 Å². The maximum atomic E-state index is 10.2. The van der Waals surface area contributed by atoms with Crippen molar-refractivity contribution in [3.63, 3.8) is 0 Å². The lowest BCUT2D eigenvalue weighted by Gasteiger charge is -2.46. The van der Waals surface area contributed by atoms with Gasteiger partial charge in [0, 0.05) is 25.6 Å². The van der Waals surface area contributed by atoms with Crippen molar-refractivity contribution in [2.75, 3.05) is 19.7 Å². The van der Waals surface area contributed by atoms with Crippen molar-refractivity contribution in [3.8, 4) is 0 Å². The van der Waals surface area contributed by atoms with Gasteiger partial charge in [0.05, 0.1) is 18.2 Å². The van der Waals surface area contributed by atoms with Gasteiger partial charge in [-0.3, -0.25) is 4.90 Å². The van der Waals surface area contributed by atoms with Crippen LogP contribution in [0, 0.1) is 0 Å². The molecule has 1 aromatic heterocycles. The van der Waals surface area contributed by atoms with Gasteiger partial charge < -0.3 is 14.3 Å². The van der Waals surface area contributed by atoms with Gasteiger partial charge in [-0.2, -0.15) is 0 Å². The molecule has 21 heavy (non-hydrogen) atoms. The number of aliphatic hydroxyl groups excluding tert-OH is 1. The molecule has 0 aromatic carbocycles. The van der Waals surface area contributed by atoms with Crippen LogP contribution in [0.1, 0.15) is 57.2 Å². The van der Waals surface area contributed by atoms with Crippen LogP contribution in [0.3, 0.4) is 0 Å². The molecule has 1 aromatic rings. The van der Waals surface area contributed by atoms with Crippen LogP contribution < -0.4 is 0 Å². The van der Waals surface area contributed by atoms with Gasteiger partial charge in [-0.1, -0.05) is 13.8 Å². The van der Waals surface area contributed by atoms with Crippen molar-refractivity contribution in [1.82, 2.24) is 15.1 Å².